The van der Waals surface area contributed by atoms with E-state index in [1.165, 1.54) is 10.6 Å². The average Bonchev–Trinajstić information content (AvgIpc) is 3.16. The molecule has 0 spiro atoms. The molecule has 0 aliphatic rings. The Balaban J connectivity index is 1.51. The first-order chi connectivity index (χ1) is 14.2. The summed E-state index contributed by atoms with van der Waals surface area (Å²) in [5.74, 6) is 1.05. The predicted molar refractivity (Wildman–Crippen MR) is 118 cm³/mol. The average molecular weight is 398 g/mol. The number of rotatable bonds is 4. The minimum Gasteiger partial charge on any atom is -0.275 e. The van der Waals surface area contributed by atoms with Crippen LogP contribution in [-0.4, -0.2) is 19.6 Å². The highest BCUT2D eigenvalue weighted by Crippen LogP contribution is 2.29. The van der Waals surface area contributed by atoms with E-state index in [2.05, 4.69) is 39.3 Å². The van der Waals surface area contributed by atoms with Crippen LogP contribution in [0.25, 0.3) is 16.6 Å². The van der Waals surface area contributed by atoms with Crippen molar-refractivity contribution in [3.05, 3.63) is 112 Å². The maximum atomic E-state index is 12.6. The fourth-order valence-electron chi connectivity index (χ4n) is 3.50. The van der Waals surface area contributed by atoms with Gasteiger partial charge in [0.2, 0.25) is 0 Å². The summed E-state index contributed by atoms with van der Waals surface area (Å²) in [6.07, 6.45) is 0.605. The van der Waals surface area contributed by atoms with Crippen molar-refractivity contribution in [2.75, 3.05) is 0 Å². The molecule has 5 nitrogen and oxygen atoms in total. The Morgan fingerprint density at radius 2 is 1.66 bits per heavy atom. The van der Waals surface area contributed by atoms with Gasteiger partial charge >= 0.3 is 0 Å². The third kappa shape index (κ3) is 3.43. The van der Waals surface area contributed by atoms with Crippen LogP contribution in [0.15, 0.2) is 83.7 Å². The molecule has 3 aromatic carbocycles. The first kappa shape index (κ1) is 17.7. The van der Waals surface area contributed by atoms with Crippen molar-refractivity contribution in [2.45, 2.75) is 11.7 Å². The molecule has 0 saturated heterocycles. The Bertz CT molecular complexity index is 1370. The first-order valence-corrected chi connectivity index (χ1v) is 9.88. The number of hydrogen-bond acceptors (Lipinski definition) is 4. The van der Waals surface area contributed by atoms with Crippen molar-refractivity contribution < 1.29 is 0 Å². The van der Waals surface area contributed by atoms with Crippen LogP contribution in [0.1, 0.15) is 27.9 Å². The third-order valence-corrected chi connectivity index (χ3v) is 5.54. The molecule has 1 atom stereocenters. The van der Waals surface area contributed by atoms with Crippen LogP contribution in [0.3, 0.4) is 0 Å². The zero-order valence-electron chi connectivity index (χ0n) is 15.5. The van der Waals surface area contributed by atoms with Crippen LogP contribution in [0.2, 0.25) is 0 Å². The molecule has 29 heavy (non-hydrogen) atoms. The molecular formula is C23H18N4OS. The Morgan fingerprint density at radius 3 is 2.48 bits per heavy atom. The van der Waals surface area contributed by atoms with Crippen LogP contribution in [0, 0.1) is 0 Å². The second kappa shape index (κ2) is 7.22. The Morgan fingerprint density at radius 1 is 0.897 bits per heavy atom. The lowest BCUT2D eigenvalue weighted by molar-refractivity contribution is 0.851. The van der Waals surface area contributed by atoms with Gasteiger partial charge in [-0.3, -0.25) is 9.89 Å². The highest BCUT2D eigenvalue weighted by Gasteiger charge is 2.16. The quantitative estimate of drug-likeness (QED) is 0.447. The first-order valence-electron chi connectivity index (χ1n) is 9.37. The fourth-order valence-corrected chi connectivity index (χ4v) is 3.79. The summed E-state index contributed by atoms with van der Waals surface area (Å²) in [5.41, 5.74) is 2.49. The van der Waals surface area contributed by atoms with Crippen molar-refractivity contribution in [1.82, 2.24) is 19.6 Å². The Labute approximate surface area is 172 Å². The van der Waals surface area contributed by atoms with Gasteiger partial charge in [0.1, 0.15) is 5.82 Å². The van der Waals surface area contributed by atoms with E-state index < -0.39 is 0 Å². The van der Waals surface area contributed by atoms with Gasteiger partial charge in [-0.25, -0.2) is 4.98 Å². The lowest BCUT2D eigenvalue weighted by atomic mass is 10.0. The SMILES string of the molecule is O=c1cc(C(S)c2ccc3ccccc3c2)nc2nc(Cc3ccccc3)[nH]n12. The smallest absolute Gasteiger partial charge is 0.274 e. The monoisotopic (exact) mass is 398 g/mol. The van der Waals surface area contributed by atoms with Crippen LogP contribution in [0.5, 0.6) is 0 Å². The highest BCUT2D eigenvalue weighted by atomic mass is 32.1. The minimum atomic E-state index is -0.313. The summed E-state index contributed by atoms with van der Waals surface area (Å²) in [6.45, 7) is 0. The minimum absolute atomic E-state index is 0.198. The molecule has 0 amide bonds. The van der Waals surface area contributed by atoms with Crippen LogP contribution < -0.4 is 5.56 Å². The van der Waals surface area contributed by atoms with E-state index in [9.17, 15) is 4.79 Å². The third-order valence-electron chi connectivity index (χ3n) is 4.98. The molecule has 2 aromatic heterocycles. The summed E-state index contributed by atoms with van der Waals surface area (Å²) in [7, 11) is 0. The maximum Gasteiger partial charge on any atom is 0.274 e. The lowest BCUT2D eigenvalue weighted by Crippen LogP contribution is -2.16. The van der Waals surface area contributed by atoms with Gasteiger partial charge in [0, 0.05) is 12.5 Å². The van der Waals surface area contributed by atoms with Gasteiger partial charge in [0.15, 0.2) is 0 Å². The van der Waals surface area contributed by atoms with Crippen molar-refractivity contribution in [2.24, 2.45) is 0 Å². The molecule has 5 aromatic rings. The van der Waals surface area contributed by atoms with Crippen LogP contribution in [0.4, 0.5) is 0 Å². The molecule has 0 saturated carbocycles. The zero-order chi connectivity index (χ0) is 19.8. The molecule has 0 aliphatic carbocycles. The molecule has 6 heteroatoms. The van der Waals surface area contributed by atoms with Gasteiger partial charge in [-0.1, -0.05) is 66.7 Å². The van der Waals surface area contributed by atoms with Gasteiger partial charge in [0.25, 0.3) is 11.3 Å². The van der Waals surface area contributed by atoms with E-state index in [1.807, 2.05) is 48.5 Å². The van der Waals surface area contributed by atoms with E-state index >= 15 is 0 Å². The van der Waals surface area contributed by atoms with Crippen LogP contribution >= 0.6 is 12.6 Å². The van der Waals surface area contributed by atoms with E-state index in [0.717, 1.165) is 21.9 Å². The molecule has 0 bridgehead atoms. The number of nitrogens with one attached hydrogen (secondary N) is 1. The molecule has 0 radical (unpaired) electrons. The number of thiol groups is 1. The van der Waals surface area contributed by atoms with Crippen molar-refractivity contribution in [3.63, 3.8) is 0 Å². The molecule has 2 heterocycles. The van der Waals surface area contributed by atoms with Crippen molar-refractivity contribution in [1.29, 1.82) is 0 Å². The zero-order valence-corrected chi connectivity index (χ0v) is 16.4. The molecule has 0 fully saturated rings. The van der Waals surface area contributed by atoms with Crippen molar-refractivity contribution in [3.8, 4) is 0 Å². The summed E-state index contributed by atoms with van der Waals surface area (Å²) in [6, 6.07) is 25.8. The van der Waals surface area contributed by atoms with Crippen molar-refractivity contribution >= 4 is 29.2 Å². The number of aromatic amines is 1. The standard InChI is InChI=1S/C23H18N4OS/c28-21-14-19(22(29)18-11-10-16-8-4-5-9-17(16)13-18)24-23-25-20(26-27(21)23)12-15-6-2-1-3-7-15/h1-11,13-14,22,29H,12H2,(H,24,25,26). The highest BCUT2D eigenvalue weighted by molar-refractivity contribution is 7.80. The number of nitrogens with zero attached hydrogens (tertiary/aromatic N) is 3. The normalized spacial score (nSPS) is 12.4. The van der Waals surface area contributed by atoms with Gasteiger partial charge in [-0.05, 0) is 28.0 Å². The summed E-state index contributed by atoms with van der Waals surface area (Å²) in [5, 5.41) is 5.03. The molecule has 1 unspecified atom stereocenters. The van der Waals surface area contributed by atoms with Gasteiger partial charge < -0.3 is 0 Å². The molecular weight excluding hydrogens is 380 g/mol. The fraction of sp³-hybridized carbons (Fsp3) is 0.0870. The number of benzene rings is 3. The van der Waals surface area contributed by atoms with Gasteiger partial charge in [-0.2, -0.15) is 22.1 Å². The molecule has 0 aliphatic heterocycles. The topological polar surface area (TPSA) is 63.0 Å². The second-order valence-electron chi connectivity index (χ2n) is 7.00. The lowest BCUT2D eigenvalue weighted by Gasteiger charge is -2.11. The van der Waals surface area contributed by atoms with Gasteiger partial charge in [-0.15, -0.1) is 0 Å². The van der Waals surface area contributed by atoms with E-state index in [1.54, 1.807) is 0 Å². The Hall–Kier alpha value is -3.38. The van der Waals surface area contributed by atoms with Crippen LogP contribution in [-0.2, 0) is 6.42 Å². The summed E-state index contributed by atoms with van der Waals surface area (Å²) < 4.78 is 1.38. The number of H-pyrrole nitrogens is 1. The summed E-state index contributed by atoms with van der Waals surface area (Å²) in [4.78, 5) is 21.7. The second-order valence-corrected chi connectivity index (χ2v) is 7.51. The Kier molecular flexibility index (Phi) is 4.41. The number of hydrogen-bond donors (Lipinski definition) is 2. The number of fused-ring (bicyclic) bond motifs is 2. The number of aromatic nitrogens is 4. The van der Waals surface area contributed by atoms with E-state index in [4.69, 9.17) is 12.6 Å². The van der Waals surface area contributed by atoms with Gasteiger partial charge in [0.05, 0.1) is 10.9 Å². The largest absolute Gasteiger partial charge is 0.275 e. The van der Waals surface area contributed by atoms with E-state index in [-0.39, 0.29) is 10.8 Å². The molecule has 1 N–H and O–H groups in total. The predicted octanol–water partition coefficient (Wildman–Crippen LogP) is 4.18. The molecule has 5 rings (SSSR count). The summed E-state index contributed by atoms with van der Waals surface area (Å²) >= 11 is 4.75. The maximum absolute atomic E-state index is 12.6. The van der Waals surface area contributed by atoms with E-state index in [0.29, 0.717) is 23.7 Å². The molecule has 142 valence electrons.